The van der Waals surface area contributed by atoms with E-state index in [0.717, 1.165) is 39.4 Å². The zero-order valence-corrected chi connectivity index (χ0v) is 14.1. The lowest BCUT2D eigenvalue weighted by Gasteiger charge is -2.08. The molecule has 0 bridgehead atoms. The average Bonchev–Trinajstić information content (AvgIpc) is 2.97. The highest BCUT2D eigenvalue weighted by Gasteiger charge is 2.13. The van der Waals surface area contributed by atoms with E-state index < -0.39 is 0 Å². The summed E-state index contributed by atoms with van der Waals surface area (Å²) in [5, 5.41) is 10.1. The van der Waals surface area contributed by atoms with Gasteiger partial charge in [0, 0.05) is 22.9 Å². The molecular formula is C17H15ClFN3S. The van der Waals surface area contributed by atoms with Gasteiger partial charge in [0.1, 0.15) is 5.82 Å². The van der Waals surface area contributed by atoms with Gasteiger partial charge < -0.3 is 4.57 Å². The average molecular weight is 348 g/mol. The van der Waals surface area contributed by atoms with E-state index in [2.05, 4.69) is 10.2 Å². The molecule has 6 heteroatoms. The summed E-state index contributed by atoms with van der Waals surface area (Å²) >= 11 is 7.78. The van der Waals surface area contributed by atoms with E-state index in [1.54, 1.807) is 23.9 Å². The van der Waals surface area contributed by atoms with Gasteiger partial charge in [-0.2, -0.15) is 0 Å². The molecule has 0 aliphatic carbocycles. The van der Waals surface area contributed by atoms with E-state index in [0.29, 0.717) is 0 Å². The summed E-state index contributed by atoms with van der Waals surface area (Å²) in [6.45, 7) is 2.78. The minimum absolute atomic E-state index is 0.260. The molecule has 0 saturated heterocycles. The molecule has 1 aromatic heterocycles. The Bertz CT molecular complexity index is 802. The molecule has 0 spiro atoms. The number of nitrogens with zero attached hydrogens (tertiary/aromatic N) is 3. The maximum Gasteiger partial charge on any atom is 0.191 e. The first kappa shape index (κ1) is 16.0. The second-order valence-corrected chi connectivity index (χ2v) is 6.29. The van der Waals surface area contributed by atoms with Gasteiger partial charge in [-0.15, -0.1) is 10.2 Å². The number of hydrogen-bond donors (Lipinski definition) is 0. The minimum Gasteiger partial charge on any atom is -0.302 e. The molecule has 0 aliphatic rings. The zero-order valence-electron chi connectivity index (χ0n) is 12.5. The van der Waals surface area contributed by atoms with E-state index in [1.807, 2.05) is 35.8 Å². The molecule has 0 fully saturated rings. The summed E-state index contributed by atoms with van der Waals surface area (Å²) in [5.74, 6) is 1.21. The topological polar surface area (TPSA) is 30.7 Å². The maximum absolute atomic E-state index is 13.1. The molecule has 2 aromatic carbocycles. The Hall–Kier alpha value is -1.85. The third-order valence-electron chi connectivity index (χ3n) is 3.45. The van der Waals surface area contributed by atoms with Gasteiger partial charge >= 0.3 is 0 Å². The van der Waals surface area contributed by atoms with Crippen molar-refractivity contribution >= 4 is 23.4 Å². The van der Waals surface area contributed by atoms with Gasteiger partial charge in [0.15, 0.2) is 11.0 Å². The van der Waals surface area contributed by atoms with E-state index in [1.165, 1.54) is 12.1 Å². The van der Waals surface area contributed by atoms with Crippen LogP contribution in [-0.4, -0.2) is 14.8 Å². The third kappa shape index (κ3) is 3.57. The van der Waals surface area contributed by atoms with Crippen molar-refractivity contribution in [3.05, 3.63) is 64.9 Å². The third-order valence-corrected chi connectivity index (χ3v) is 4.83. The predicted molar refractivity (Wildman–Crippen MR) is 92.1 cm³/mol. The summed E-state index contributed by atoms with van der Waals surface area (Å²) in [6.07, 6.45) is 0. The normalized spacial score (nSPS) is 10.9. The van der Waals surface area contributed by atoms with Crippen LogP contribution in [0.2, 0.25) is 5.02 Å². The zero-order chi connectivity index (χ0) is 16.2. The Morgan fingerprint density at radius 2 is 1.83 bits per heavy atom. The van der Waals surface area contributed by atoms with Crippen molar-refractivity contribution < 1.29 is 4.39 Å². The fourth-order valence-electron chi connectivity index (χ4n) is 2.25. The van der Waals surface area contributed by atoms with Gasteiger partial charge in [-0.05, 0) is 42.8 Å². The fraction of sp³-hybridized carbons (Fsp3) is 0.176. The second-order valence-electron chi connectivity index (χ2n) is 4.94. The van der Waals surface area contributed by atoms with Crippen LogP contribution in [0.3, 0.4) is 0 Å². The first-order valence-electron chi connectivity index (χ1n) is 7.24. The molecule has 3 aromatic rings. The highest BCUT2D eigenvalue weighted by atomic mass is 35.5. The molecular weight excluding hydrogens is 333 g/mol. The van der Waals surface area contributed by atoms with Crippen LogP contribution in [0, 0.1) is 5.82 Å². The fourth-order valence-corrected chi connectivity index (χ4v) is 3.54. The summed E-state index contributed by atoms with van der Waals surface area (Å²) in [4.78, 5) is 0. The van der Waals surface area contributed by atoms with Crippen LogP contribution in [0.5, 0.6) is 0 Å². The van der Waals surface area contributed by atoms with Gasteiger partial charge in [0.05, 0.1) is 0 Å². The second kappa shape index (κ2) is 7.15. The smallest absolute Gasteiger partial charge is 0.191 e. The van der Waals surface area contributed by atoms with Crippen molar-refractivity contribution in [1.82, 2.24) is 14.8 Å². The lowest BCUT2D eigenvalue weighted by molar-refractivity contribution is 0.627. The van der Waals surface area contributed by atoms with Crippen LogP contribution in [0.15, 0.2) is 53.7 Å². The van der Waals surface area contributed by atoms with E-state index in [-0.39, 0.29) is 5.82 Å². The monoisotopic (exact) mass is 347 g/mol. The summed E-state index contributed by atoms with van der Waals surface area (Å²) in [7, 11) is 0. The molecule has 118 valence electrons. The van der Waals surface area contributed by atoms with Crippen LogP contribution in [0.4, 0.5) is 4.39 Å². The molecule has 3 nitrogen and oxygen atoms in total. The summed E-state index contributed by atoms with van der Waals surface area (Å²) in [5.41, 5.74) is 1.92. The molecule has 23 heavy (non-hydrogen) atoms. The molecule has 0 unspecified atom stereocenters. The molecule has 0 radical (unpaired) electrons. The molecule has 0 N–H and O–H groups in total. The molecule has 0 amide bonds. The van der Waals surface area contributed by atoms with Crippen molar-refractivity contribution in [2.75, 3.05) is 0 Å². The highest BCUT2D eigenvalue weighted by Crippen LogP contribution is 2.28. The van der Waals surface area contributed by atoms with Crippen molar-refractivity contribution in [1.29, 1.82) is 0 Å². The lowest BCUT2D eigenvalue weighted by atomic mass is 10.2. The SMILES string of the molecule is CCn1c(SCc2ccccc2Cl)nnc1-c1ccc(F)cc1. The molecule has 0 aliphatic heterocycles. The van der Waals surface area contributed by atoms with Gasteiger partial charge in [0.2, 0.25) is 0 Å². The van der Waals surface area contributed by atoms with Crippen LogP contribution < -0.4 is 0 Å². The van der Waals surface area contributed by atoms with Crippen LogP contribution in [0.25, 0.3) is 11.4 Å². The Kier molecular flexibility index (Phi) is 4.98. The Morgan fingerprint density at radius 3 is 2.52 bits per heavy atom. The molecule has 0 atom stereocenters. The number of thioether (sulfide) groups is 1. The Balaban J connectivity index is 1.84. The molecule has 3 rings (SSSR count). The standard InChI is InChI=1S/C17H15ClFN3S/c1-2-22-16(12-7-9-14(19)10-8-12)20-21-17(22)23-11-13-5-3-4-6-15(13)18/h3-10H,2,11H2,1H3. The highest BCUT2D eigenvalue weighted by molar-refractivity contribution is 7.98. The first-order valence-corrected chi connectivity index (χ1v) is 8.60. The van der Waals surface area contributed by atoms with Crippen LogP contribution in [-0.2, 0) is 12.3 Å². The first-order chi connectivity index (χ1) is 11.2. The van der Waals surface area contributed by atoms with E-state index >= 15 is 0 Å². The van der Waals surface area contributed by atoms with Gasteiger partial charge in [-0.1, -0.05) is 41.6 Å². The minimum atomic E-state index is -0.260. The van der Waals surface area contributed by atoms with Crippen LogP contribution in [0.1, 0.15) is 12.5 Å². The van der Waals surface area contributed by atoms with Crippen molar-refractivity contribution in [2.45, 2.75) is 24.4 Å². The summed E-state index contributed by atoms with van der Waals surface area (Å²) < 4.78 is 15.1. The Morgan fingerprint density at radius 1 is 1.09 bits per heavy atom. The van der Waals surface area contributed by atoms with E-state index in [9.17, 15) is 4.39 Å². The van der Waals surface area contributed by atoms with Crippen LogP contribution >= 0.6 is 23.4 Å². The quantitative estimate of drug-likeness (QED) is 0.605. The summed E-state index contributed by atoms with van der Waals surface area (Å²) in [6, 6.07) is 14.1. The van der Waals surface area contributed by atoms with Crippen molar-refractivity contribution in [3.63, 3.8) is 0 Å². The number of aromatic nitrogens is 3. The van der Waals surface area contributed by atoms with Gasteiger partial charge in [-0.25, -0.2) is 4.39 Å². The number of benzene rings is 2. The van der Waals surface area contributed by atoms with Crippen molar-refractivity contribution in [2.24, 2.45) is 0 Å². The van der Waals surface area contributed by atoms with Gasteiger partial charge in [0.25, 0.3) is 0 Å². The molecule has 0 saturated carbocycles. The van der Waals surface area contributed by atoms with Crippen molar-refractivity contribution in [3.8, 4) is 11.4 Å². The van der Waals surface area contributed by atoms with E-state index in [4.69, 9.17) is 11.6 Å². The number of hydrogen-bond acceptors (Lipinski definition) is 3. The Labute approximate surface area is 143 Å². The predicted octanol–water partition coefficient (Wildman–Crippen LogP) is 5.05. The molecule has 1 heterocycles. The van der Waals surface area contributed by atoms with Gasteiger partial charge in [-0.3, -0.25) is 0 Å². The number of halogens is 2. The number of rotatable bonds is 5. The lowest BCUT2D eigenvalue weighted by Crippen LogP contribution is -2.00. The maximum atomic E-state index is 13.1. The largest absolute Gasteiger partial charge is 0.302 e.